The van der Waals surface area contributed by atoms with Crippen molar-refractivity contribution in [1.82, 2.24) is 4.90 Å². The number of likely N-dealkylation sites (tertiary alicyclic amines) is 1. The normalized spacial score (nSPS) is 30.9. The van der Waals surface area contributed by atoms with Gasteiger partial charge in [-0.3, -0.25) is 0 Å². The summed E-state index contributed by atoms with van der Waals surface area (Å²) in [6.07, 6.45) is 1.13. The summed E-state index contributed by atoms with van der Waals surface area (Å²) in [6, 6.07) is 0.670. The van der Waals surface area contributed by atoms with Crippen LogP contribution in [0.1, 0.15) is 13.3 Å². The Hall–Kier alpha value is -0.120. The van der Waals surface area contributed by atoms with Crippen molar-refractivity contribution in [3.8, 4) is 0 Å². The molecule has 0 saturated carbocycles. The molecule has 1 aliphatic heterocycles. The fraction of sp³-hybridized carbons (Fsp3) is 1.00. The highest BCUT2D eigenvalue weighted by Gasteiger charge is 2.18. The van der Waals surface area contributed by atoms with Crippen molar-refractivity contribution >= 4 is 0 Å². The van der Waals surface area contributed by atoms with Crippen LogP contribution in [0.4, 0.5) is 0 Å². The van der Waals surface area contributed by atoms with E-state index in [1.807, 2.05) is 6.92 Å². The summed E-state index contributed by atoms with van der Waals surface area (Å²) < 4.78 is 0. The maximum absolute atomic E-state index is 5.72. The second kappa shape index (κ2) is 3.32. The maximum atomic E-state index is 5.72. The van der Waals surface area contributed by atoms with Crippen molar-refractivity contribution in [2.45, 2.75) is 25.4 Å². The Morgan fingerprint density at radius 2 is 2.40 bits per heavy atom. The van der Waals surface area contributed by atoms with Gasteiger partial charge in [-0.2, -0.15) is 0 Å². The van der Waals surface area contributed by atoms with Gasteiger partial charge < -0.3 is 16.4 Å². The van der Waals surface area contributed by atoms with Crippen LogP contribution in [-0.2, 0) is 0 Å². The molecular weight excluding hydrogens is 126 g/mol. The van der Waals surface area contributed by atoms with E-state index >= 15 is 0 Å². The minimum atomic E-state index is 0.283. The van der Waals surface area contributed by atoms with Crippen LogP contribution in [-0.4, -0.2) is 36.6 Å². The van der Waals surface area contributed by atoms with E-state index in [2.05, 4.69) is 4.90 Å². The molecular formula is C7H17N3. The first-order valence-electron chi connectivity index (χ1n) is 3.92. The first kappa shape index (κ1) is 7.98. The Balaban J connectivity index is 2.18. The Bertz CT molecular complexity index is 103. The second-order valence-corrected chi connectivity index (χ2v) is 3.29. The average molecular weight is 143 g/mol. The van der Waals surface area contributed by atoms with E-state index in [-0.39, 0.29) is 6.04 Å². The zero-order chi connectivity index (χ0) is 7.56. The molecule has 0 aromatic rings. The second-order valence-electron chi connectivity index (χ2n) is 3.29. The number of hydrogen-bond donors (Lipinski definition) is 2. The molecule has 10 heavy (non-hydrogen) atoms. The van der Waals surface area contributed by atoms with Gasteiger partial charge in [-0.15, -0.1) is 0 Å². The van der Waals surface area contributed by atoms with Gasteiger partial charge in [0.05, 0.1) is 0 Å². The summed E-state index contributed by atoms with van der Waals surface area (Å²) in [5, 5.41) is 0. The molecule has 1 heterocycles. The summed E-state index contributed by atoms with van der Waals surface area (Å²) in [5.41, 5.74) is 11.4. The lowest BCUT2D eigenvalue weighted by molar-refractivity contribution is 0.317. The van der Waals surface area contributed by atoms with Crippen molar-refractivity contribution in [3.63, 3.8) is 0 Å². The third kappa shape index (κ3) is 2.25. The Morgan fingerprint density at radius 3 is 2.80 bits per heavy atom. The first-order valence-corrected chi connectivity index (χ1v) is 3.92. The molecule has 0 aromatic carbocycles. The fourth-order valence-electron chi connectivity index (χ4n) is 1.44. The molecule has 0 amide bonds. The lowest BCUT2D eigenvalue weighted by Crippen LogP contribution is -2.35. The standard InChI is InChI=1S/C7H17N3/c1-6(8)4-10-3-2-7(9)5-10/h6-7H,2-5,8-9H2,1H3. The van der Waals surface area contributed by atoms with Crippen LogP contribution in [0.25, 0.3) is 0 Å². The lowest BCUT2D eigenvalue weighted by atomic mass is 10.3. The molecule has 3 nitrogen and oxygen atoms in total. The maximum Gasteiger partial charge on any atom is 0.0180 e. The van der Waals surface area contributed by atoms with Crippen molar-refractivity contribution in [2.75, 3.05) is 19.6 Å². The Kier molecular flexibility index (Phi) is 2.65. The minimum absolute atomic E-state index is 0.283. The highest BCUT2D eigenvalue weighted by Crippen LogP contribution is 2.05. The molecule has 4 N–H and O–H groups in total. The summed E-state index contributed by atoms with van der Waals surface area (Å²) in [4.78, 5) is 2.33. The first-order chi connectivity index (χ1) is 4.68. The minimum Gasteiger partial charge on any atom is -0.327 e. The van der Waals surface area contributed by atoms with Crippen LogP contribution in [0.2, 0.25) is 0 Å². The predicted octanol–water partition coefficient (Wildman–Crippen LogP) is -0.633. The number of hydrogen-bond acceptors (Lipinski definition) is 3. The van der Waals surface area contributed by atoms with Gasteiger partial charge in [-0.25, -0.2) is 0 Å². The molecule has 1 aliphatic rings. The average Bonchev–Trinajstić information content (AvgIpc) is 2.13. The van der Waals surface area contributed by atoms with Gasteiger partial charge in [0, 0.05) is 25.2 Å². The lowest BCUT2D eigenvalue weighted by Gasteiger charge is -2.16. The molecule has 1 saturated heterocycles. The molecule has 0 aliphatic carbocycles. The largest absolute Gasteiger partial charge is 0.327 e. The van der Waals surface area contributed by atoms with E-state index in [0.717, 1.165) is 26.1 Å². The van der Waals surface area contributed by atoms with Gasteiger partial charge in [-0.1, -0.05) is 0 Å². The highest BCUT2D eigenvalue weighted by molar-refractivity contribution is 4.79. The van der Waals surface area contributed by atoms with E-state index in [1.54, 1.807) is 0 Å². The smallest absolute Gasteiger partial charge is 0.0180 e. The van der Waals surface area contributed by atoms with Crippen LogP contribution in [0.3, 0.4) is 0 Å². The number of rotatable bonds is 2. The molecule has 60 valence electrons. The van der Waals surface area contributed by atoms with Gasteiger partial charge >= 0.3 is 0 Å². The molecule has 2 unspecified atom stereocenters. The third-order valence-corrected chi connectivity index (χ3v) is 1.86. The molecule has 0 bridgehead atoms. The van der Waals surface area contributed by atoms with Crippen LogP contribution in [0.5, 0.6) is 0 Å². The fourth-order valence-corrected chi connectivity index (χ4v) is 1.44. The highest BCUT2D eigenvalue weighted by atomic mass is 15.2. The topological polar surface area (TPSA) is 55.3 Å². The molecule has 1 rings (SSSR count). The zero-order valence-corrected chi connectivity index (χ0v) is 6.59. The summed E-state index contributed by atoms with van der Waals surface area (Å²) >= 11 is 0. The Morgan fingerprint density at radius 1 is 1.70 bits per heavy atom. The predicted molar refractivity (Wildman–Crippen MR) is 42.7 cm³/mol. The Labute approximate surface area is 62.4 Å². The van der Waals surface area contributed by atoms with E-state index < -0.39 is 0 Å². The molecule has 0 aromatic heterocycles. The summed E-state index contributed by atoms with van der Waals surface area (Å²) in [7, 11) is 0. The molecule has 2 atom stereocenters. The van der Waals surface area contributed by atoms with Crippen molar-refractivity contribution in [2.24, 2.45) is 11.5 Å². The van der Waals surface area contributed by atoms with Gasteiger partial charge in [-0.05, 0) is 19.9 Å². The third-order valence-electron chi connectivity index (χ3n) is 1.86. The van der Waals surface area contributed by atoms with Crippen LogP contribution in [0, 0.1) is 0 Å². The molecule has 0 radical (unpaired) electrons. The number of nitrogens with zero attached hydrogens (tertiary/aromatic N) is 1. The van der Waals surface area contributed by atoms with Crippen LogP contribution >= 0.6 is 0 Å². The molecule has 1 fully saturated rings. The van der Waals surface area contributed by atoms with Crippen molar-refractivity contribution in [1.29, 1.82) is 0 Å². The van der Waals surface area contributed by atoms with Crippen molar-refractivity contribution in [3.05, 3.63) is 0 Å². The van der Waals surface area contributed by atoms with Gasteiger partial charge in [0.2, 0.25) is 0 Å². The summed E-state index contributed by atoms with van der Waals surface area (Å²) in [5.74, 6) is 0. The van der Waals surface area contributed by atoms with Gasteiger partial charge in [0.1, 0.15) is 0 Å². The monoisotopic (exact) mass is 143 g/mol. The number of nitrogens with two attached hydrogens (primary N) is 2. The molecule has 3 heteroatoms. The SMILES string of the molecule is CC(N)CN1CCC(N)C1. The van der Waals surface area contributed by atoms with E-state index in [0.29, 0.717) is 6.04 Å². The van der Waals surface area contributed by atoms with E-state index in [1.165, 1.54) is 0 Å². The van der Waals surface area contributed by atoms with Gasteiger partial charge in [0.15, 0.2) is 0 Å². The van der Waals surface area contributed by atoms with Crippen molar-refractivity contribution < 1.29 is 0 Å². The quantitative estimate of drug-likeness (QED) is 0.541. The van der Waals surface area contributed by atoms with Gasteiger partial charge in [0.25, 0.3) is 0 Å². The van der Waals surface area contributed by atoms with Crippen LogP contribution in [0.15, 0.2) is 0 Å². The zero-order valence-electron chi connectivity index (χ0n) is 6.59. The van der Waals surface area contributed by atoms with E-state index in [4.69, 9.17) is 11.5 Å². The van der Waals surface area contributed by atoms with E-state index in [9.17, 15) is 0 Å². The summed E-state index contributed by atoms with van der Waals surface area (Å²) in [6.45, 7) is 5.18. The van der Waals surface area contributed by atoms with Crippen LogP contribution < -0.4 is 11.5 Å². The molecule has 0 spiro atoms.